The number of hydrogen-bond acceptors (Lipinski definition) is 4. The predicted molar refractivity (Wildman–Crippen MR) is 72.3 cm³/mol. The number of aromatic amines is 1. The van der Waals surface area contributed by atoms with Crippen LogP contribution in [0.15, 0.2) is 6.20 Å². The molecule has 0 aliphatic carbocycles. The summed E-state index contributed by atoms with van der Waals surface area (Å²) in [6.07, 6.45) is -0.630. The van der Waals surface area contributed by atoms with Gasteiger partial charge in [-0.05, 0) is 33.2 Å². The van der Waals surface area contributed by atoms with Crippen molar-refractivity contribution in [2.24, 2.45) is 0 Å². The molecule has 1 aromatic heterocycles. The molecule has 1 saturated heterocycles. The number of ether oxygens (including phenoxy) is 1. The smallest absolute Gasteiger partial charge is 0.475 e. The Bertz CT molecular complexity index is 477. The zero-order valence-corrected chi connectivity index (χ0v) is 12.4. The maximum absolute atomic E-state index is 10.6. The Morgan fingerprint density at radius 2 is 2.18 bits per heavy atom. The largest absolute Gasteiger partial charge is 0.490 e. The predicted octanol–water partition coefficient (Wildman–Crippen LogP) is 2.01. The van der Waals surface area contributed by atoms with Gasteiger partial charge in [0.15, 0.2) is 0 Å². The molecule has 1 aromatic rings. The molecule has 3 N–H and O–H groups in total. The van der Waals surface area contributed by atoms with Gasteiger partial charge in [-0.2, -0.15) is 13.2 Å². The van der Waals surface area contributed by atoms with Crippen molar-refractivity contribution in [2.75, 3.05) is 6.54 Å². The number of aliphatic carboxylic acids is 1. The third kappa shape index (κ3) is 6.90. The first-order chi connectivity index (χ1) is 10.2. The summed E-state index contributed by atoms with van der Waals surface area (Å²) in [5.74, 6) is -1.81. The quantitative estimate of drug-likeness (QED) is 0.792. The molecule has 2 atom stereocenters. The molecule has 1 fully saturated rings. The van der Waals surface area contributed by atoms with Crippen LogP contribution < -0.4 is 5.32 Å². The number of aryl methyl sites for hydroxylation is 1. The number of H-pyrrole nitrogens is 1. The van der Waals surface area contributed by atoms with E-state index in [1.165, 1.54) is 0 Å². The molecule has 0 amide bonds. The topological polar surface area (TPSA) is 87.2 Å². The van der Waals surface area contributed by atoms with Gasteiger partial charge in [-0.25, -0.2) is 9.78 Å². The lowest BCUT2D eigenvalue weighted by Crippen LogP contribution is -2.39. The second-order valence-corrected chi connectivity index (χ2v) is 5.11. The lowest BCUT2D eigenvalue weighted by Gasteiger charge is -2.27. The lowest BCUT2D eigenvalue weighted by molar-refractivity contribution is -0.192. The van der Waals surface area contributed by atoms with Crippen molar-refractivity contribution in [1.29, 1.82) is 0 Å². The first-order valence-corrected chi connectivity index (χ1v) is 6.84. The number of piperidine rings is 1. The fourth-order valence-corrected chi connectivity index (χ4v) is 1.99. The number of imidazole rings is 1. The van der Waals surface area contributed by atoms with Crippen LogP contribution in [0, 0.1) is 6.92 Å². The third-order valence-corrected chi connectivity index (χ3v) is 3.05. The number of nitrogens with one attached hydrogen (secondary N) is 2. The van der Waals surface area contributed by atoms with Crippen LogP contribution in [-0.4, -0.2) is 45.9 Å². The van der Waals surface area contributed by atoms with Gasteiger partial charge in [-0.1, -0.05) is 0 Å². The van der Waals surface area contributed by atoms with Gasteiger partial charge in [0.05, 0.1) is 24.6 Å². The minimum Gasteiger partial charge on any atom is -0.475 e. The van der Waals surface area contributed by atoms with Crippen LogP contribution in [0.5, 0.6) is 0 Å². The van der Waals surface area contributed by atoms with E-state index in [9.17, 15) is 13.2 Å². The van der Waals surface area contributed by atoms with Crippen LogP contribution in [0.3, 0.4) is 0 Å². The molecule has 2 rings (SSSR count). The van der Waals surface area contributed by atoms with E-state index in [1.54, 1.807) is 0 Å². The van der Waals surface area contributed by atoms with E-state index in [1.807, 2.05) is 13.1 Å². The molecule has 6 nitrogen and oxygen atoms in total. The van der Waals surface area contributed by atoms with Gasteiger partial charge in [-0.15, -0.1) is 0 Å². The summed E-state index contributed by atoms with van der Waals surface area (Å²) in [7, 11) is 0. The molecular weight excluding hydrogens is 303 g/mol. The number of nitrogens with zero attached hydrogens (tertiary/aromatic N) is 1. The zero-order valence-electron chi connectivity index (χ0n) is 12.4. The number of carboxylic acid groups (broad SMARTS) is 1. The van der Waals surface area contributed by atoms with E-state index in [-0.39, 0.29) is 0 Å². The second-order valence-electron chi connectivity index (χ2n) is 5.11. The van der Waals surface area contributed by atoms with E-state index >= 15 is 0 Å². The monoisotopic (exact) mass is 323 g/mol. The molecule has 1 aliphatic heterocycles. The van der Waals surface area contributed by atoms with Crippen LogP contribution in [0.4, 0.5) is 13.2 Å². The maximum atomic E-state index is 10.6. The van der Waals surface area contributed by atoms with E-state index < -0.39 is 12.1 Å². The number of rotatable bonds is 3. The Hall–Kier alpha value is -1.61. The SMILES string of the molecule is Cc1ncc(CO[C@H]2CCN[C@@H](C)C2)[nH]1.O=C(O)C(F)(F)F. The summed E-state index contributed by atoms with van der Waals surface area (Å²) < 4.78 is 37.6. The van der Waals surface area contributed by atoms with E-state index in [2.05, 4.69) is 22.2 Å². The highest BCUT2D eigenvalue weighted by Crippen LogP contribution is 2.14. The third-order valence-electron chi connectivity index (χ3n) is 3.05. The summed E-state index contributed by atoms with van der Waals surface area (Å²) in [5, 5.41) is 10.5. The molecule has 0 bridgehead atoms. The lowest BCUT2D eigenvalue weighted by atomic mass is 10.0. The molecule has 22 heavy (non-hydrogen) atoms. The number of halogens is 3. The standard InChI is InChI=1S/C11H19N3O.C2HF3O2/c1-8-5-11(3-4-12-8)15-7-10-6-13-9(2)14-10;3-2(4,5)1(6)7/h6,8,11-12H,3-5,7H2,1-2H3,(H,13,14);(H,6,7)/t8-,11-;/m0./s1. The summed E-state index contributed by atoms with van der Waals surface area (Å²) in [6.45, 7) is 5.87. The number of alkyl halides is 3. The fourth-order valence-electron chi connectivity index (χ4n) is 1.99. The first-order valence-electron chi connectivity index (χ1n) is 6.84. The summed E-state index contributed by atoms with van der Waals surface area (Å²) in [5.41, 5.74) is 1.07. The van der Waals surface area contributed by atoms with Crippen molar-refractivity contribution in [3.63, 3.8) is 0 Å². The second kappa shape index (κ2) is 8.14. The van der Waals surface area contributed by atoms with Crippen LogP contribution in [0.1, 0.15) is 31.3 Å². The van der Waals surface area contributed by atoms with Crippen LogP contribution >= 0.6 is 0 Å². The van der Waals surface area contributed by atoms with Crippen molar-refractivity contribution in [2.45, 2.75) is 51.6 Å². The summed E-state index contributed by atoms with van der Waals surface area (Å²) in [4.78, 5) is 16.2. The minimum atomic E-state index is -5.08. The number of aromatic nitrogens is 2. The van der Waals surface area contributed by atoms with E-state index in [4.69, 9.17) is 14.6 Å². The van der Waals surface area contributed by atoms with Crippen molar-refractivity contribution in [1.82, 2.24) is 15.3 Å². The molecule has 1 aliphatic rings. The minimum absolute atomic E-state index is 0.393. The summed E-state index contributed by atoms with van der Waals surface area (Å²) in [6, 6.07) is 0.576. The molecule has 0 saturated carbocycles. The Morgan fingerprint density at radius 3 is 2.64 bits per heavy atom. The van der Waals surface area contributed by atoms with Gasteiger partial charge in [0.25, 0.3) is 0 Å². The zero-order chi connectivity index (χ0) is 16.8. The van der Waals surface area contributed by atoms with Crippen molar-refractivity contribution >= 4 is 5.97 Å². The number of carboxylic acids is 1. The molecule has 0 spiro atoms. The average molecular weight is 323 g/mol. The summed E-state index contributed by atoms with van der Waals surface area (Å²) >= 11 is 0. The Morgan fingerprint density at radius 1 is 1.55 bits per heavy atom. The van der Waals surface area contributed by atoms with Gasteiger partial charge in [0.1, 0.15) is 5.82 Å². The number of carbonyl (C=O) groups is 1. The average Bonchev–Trinajstić information content (AvgIpc) is 2.82. The molecular formula is C13H20F3N3O3. The maximum Gasteiger partial charge on any atom is 0.490 e. The van der Waals surface area contributed by atoms with Gasteiger partial charge in [-0.3, -0.25) is 0 Å². The van der Waals surface area contributed by atoms with Gasteiger partial charge in [0.2, 0.25) is 0 Å². The van der Waals surface area contributed by atoms with Crippen molar-refractivity contribution in [3.8, 4) is 0 Å². The molecule has 126 valence electrons. The Balaban J connectivity index is 0.000000295. The van der Waals surface area contributed by atoms with Gasteiger partial charge < -0.3 is 20.1 Å². The van der Waals surface area contributed by atoms with Crippen LogP contribution in [-0.2, 0) is 16.1 Å². The molecule has 2 heterocycles. The van der Waals surface area contributed by atoms with Crippen molar-refractivity contribution in [3.05, 3.63) is 17.7 Å². The highest BCUT2D eigenvalue weighted by Gasteiger charge is 2.38. The van der Waals surface area contributed by atoms with Crippen LogP contribution in [0.2, 0.25) is 0 Å². The Labute approximate surface area is 126 Å². The van der Waals surface area contributed by atoms with Gasteiger partial charge in [0, 0.05) is 6.04 Å². The van der Waals surface area contributed by atoms with E-state index in [0.717, 1.165) is 30.9 Å². The number of hydrogen-bond donors (Lipinski definition) is 3. The van der Waals surface area contributed by atoms with Gasteiger partial charge >= 0.3 is 12.1 Å². The highest BCUT2D eigenvalue weighted by molar-refractivity contribution is 5.73. The Kier molecular flexibility index (Phi) is 6.82. The first kappa shape index (κ1) is 18.4. The highest BCUT2D eigenvalue weighted by atomic mass is 19.4. The normalized spacial score (nSPS) is 21.9. The van der Waals surface area contributed by atoms with Crippen LogP contribution in [0.25, 0.3) is 0 Å². The fraction of sp³-hybridized carbons (Fsp3) is 0.692. The molecule has 0 radical (unpaired) electrons. The molecule has 0 unspecified atom stereocenters. The molecule has 0 aromatic carbocycles. The van der Waals surface area contributed by atoms with Crippen molar-refractivity contribution < 1.29 is 27.8 Å². The molecule has 9 heteroatoms. The van der Waals surface area contributed by atoms with E-state index in [0.29, 0.717) is 18.8 Å².